The Morgan fingerprint density at radius 3 is 2.89 bits per heavy atom. The van der Waals surface area contributed by atoms with Crippen molar-refractivity contribution in [3.05, 3.63) is 50.8 Å². The Hall–Kier alpha value is -1.46. The summed E-state index contributed by atoms with van der Waals surface area (Å²) < 4.78 is 0.999. The van der Waals surface area contributed by atoms with Crippen molar-refractivity contribution < 1.29 is 4.79 Å². The van der Waals surface area contributed by atoms with Gasteiger partial charge in [-0.05, 0) is 24.6 Å². The molecule has 1 N–H and O–H groups in total. The molecule has 0 atom stereocenters. The SMILES string of the molecule is Cc1nc(Cl)c(C=O)c(NCc2cccc(Br)c2)n1. The molecule has 1 heterocycles. The summed E-state index contributed by atoms with van der Waals surface area (Å²) in [6.45, 7) is 2.28. The molecule has 0 saturated heterocycles. The lowest BCUT2D eigenvalue weighted by Crippen LogP contribution is -2.07. The molecule has 0 aliphatic heterocycles. The number of aryl methyl sites for hydroxylation is 1. The Morgan fingerprint density at radius 2 is 2.21 bits per heavy atom. The van der Waals surface area contributed by atoms with Gasteiger partial charge in [0, 0.05) is 11.0 Å². The molecule has 0 bridgehead atoms. The third-order valence-corrected chi connectivity index (χ3v) is 3.26. The molecule has 0 aliphatic rings. The first-order chi connectivity index (χ1) is 9.10. The summed E-state index contributed by atoms with van der Waals surface area (Å²) in [7, 11) is 0. The van der Waals surface area contributed by atoms with Crippen LogP contribution < -0.4 is 5.32 Å². The summed E-state index contributed by atoms with van der Waals surface area (Å²) in [4.78, 5) is 19.2. The van der Waals surface area contributed by atoms with Crippen LogP contribution in [0.3, 0.4) is 0 Å². The van der Waals surface area contributed by atoms with Gasteiger partial charge in [-0.1, -0.05) is 39.7 Å². The van der Waals surface area contributed by atoms with Crippen molar-refractivity contribution >= 4 is 39.6 Å². The molecule has 0 aliphatic carbocycles. The van der Waals surface area contributed by atoms with E-state index in [4.69, 9.17) is 11.6 Å². The molecule has 4 nitrogen and oxygen atoms in total. The fourth-order valence-corrected chi connectivity index (χ4v) is 2.32. The molecule has 0 saturated carbocycles. The minimum atomic E-state index is 0.166. The van der Waals surface area contributed by atoms with E-state index in [1.165, 1.54) is 0 Å². The number of hydrogen-bond acceptors (Lipinski definition) is 4. The number of nitrogens with one attached hydrogen (secondary N) is 1. The van der Waals surface area contributed by atoms with Crippen LogP contribution in [-0.2, 0) is 6.54 Å². The molecule has 2 rings (SSSR count). The van der Waals surface area contributed by atoms with E-state index in [1.807, 2.05) is 24.3 Å². The van der Waals surface area contributed by atoms with Gasteiger partial charge < -0.3 is 5.32 Å². The Labute approximate surface area is 124 Å². The molecule has 1 aromatic carbocycles. The lowest BCUT2D eigenvalue weighted by atomic mass is 10.2. The zero-order valence-corrected chi connectivity index (χ0v) is 12.5. The van der Waals surface area contributed by atoms with Crippen molar-refractivity contribution in [1.82, 2.24) is 9.97 Å². The topological polar surface area (TPSA) is 54.9 Å². The third kappa shape index (κ3) is 3.52. The van der Waals surface area contributed by atoms with E-state index in [0.717, 1.165) is 10.0 Å². The maximum Gasteiger partial charge on any atom is 0.156 e. The monoisotopic (exact) mass is 339 g/mol. The number of nitrogens with zero attached hydrogens (tertiary/aromatic N) is 2. The fraction of sp³-hybridized carbons (Fsp3) is 0.154. The highest BCUT2D eigenvalue weighted by atomic mass is 79.9. The number of anilines is 1. The van der Waals surface area contributed by atoms with Gasteiger partial charge in [-0.15, -0.1) is 0 Å². The van der Waals surface area contributed by atoms with Crippen LogP contribution in [-0.4, -0.2) is 16.3 Å². The Balaban J connectivity index is 2.22. The summed E-state index contributed by atoms with van der Waals surface area (Å²) >= 11 is 9.32. The second-order valence-electron chi connectivity index (χ2n) is 3.93. The van der Waals surface area contributed by atoms with Crippen LogP contribution in [0.4, 0.5) is 5.82 Å². The predicted molar refractivity (Wildman–Crippen MR) is 78.6 cm³/mol. The molecular formula is C13H11BrClN3O. The standard InChI is InChI=1S/C13H11BrClN3O/c1-8-17-12(15)11(7-19)13(18-8)16-6-9-3-2-4-10(14)5-9/h2-5,7H,6H2,1H3,(H,16,17,18). The number of rotatable bonds is 4. The predicted octanol–water partition coefficient (Wildman–Crippen LogP) is 3.63. The molecule has 0 amide bonds. The zero-order valence-electron chi connectivity index (χ0n) is 10.2. The van der Waals surface area contributed by atoms with E-state index in [0.29, 0.717) is 24.5 Å². The number of hydrogen-bond donors (Lipinski definition) is 1. The molecule has 0 unspecified atom stereocenters. The zero-order chi connectivity index (χ0) is 13.8. The summed E-state index contributed by atoms with van der Waals surface area (Å²) in [5, 5.41) is 3.27. The largest absolute Gasteiger partial charge is 0.365 e. The first-order valence-electron chi connectivity index (χ1n) is 5.58. The van der Waals surface area contributed by atoms with Crippen molar-refractivity contribution in [3.8, 4) is 0 Å². The number of carbonyl (C=O) groups is 1. The number of aldehydes is 1. The Kier molecular flexibility index (Phi) is 4.50. The van der Waals surface area contributed by atoms with Gasteiger partial charge in [0.05, 0.1) is 5.56 Å². The van der Waals surface area contributed by atoms with Gasteiger partial charge in [-0.2, -0.15) is 0 Å². The van der Waals surface area contributed by atoms with E-state index in [-0.39, 0.29) is 10.7 Å². The van der Waals surface area contributed by atoms with Crippen molar-refractivity contribution in [2.45, 2.75) is 13.5 Å². The lowest BCUT2D eigenvalue weighted by Gasteiger charge is -2.09. The number of halogens is 2. The van der Waals surface area contributed by atoms with Gasteiger partial charge in [-0.3, -0.25) is 4.79 Å². The average Bonchev–Trinajstić information content (AvgIpc) is 2.36. The van der Waals surface area contributed by atoms with E-state index < -0.39 is 0 Å². The third-order valence-electron chi connectivity index (χ3n) is 2.48. The highest BCUT2D eigenvalue weighted by Gasteiger charge is 2.10. The second kappa shape index (κ2) is 6.12. The van der Waals surface area contributed by atoms with Crippen LogP contribution in [0.2, 0.25) is 5.15 Å². The number of aromatic nitrogens is 2. The van der Waals surface area contributed by atoms with Crippen molar-refractivity contribution in [1.29, 1.82) is 0 Å². The van der Waals surface area contributed by atoms with Crippen molar-refractivity contribution in [3.63, 3.8) is 0 Å². The van der Waals surface area contributed by atoms with Crippen LogP contribution in [0.15, 0.2) is 28.7 Å². The summed E-state index contributed by atoms with van der Waals surface area (Å²) in [5.74, 6) is 0.972. The van der Waals surface area contributed by atoms with Gasteiger partial charge in [0.1, 0.15) is 16.8 Å². The van der Waals surface area contributed by atoms with Gasteiger partial charge in [0.25, 0.3) is 0 Å². The summed E-state index contributed by atoms with van der Waals surface area (Å²) in [6, 6.07) is 7.86. The van der Waals surface area contributed by atoms with Gasteiger partial charge in [-0.25, -0.2) is 9.97 Å². The molecular weight excluding hydrogens is 330 g/mol. The lowest BCUT2D eigenvalue weighted by molar-refractivity contribution is 0.112. The molecule has 6 heteroatoms. The Morgan fingerprint density at radius 1 is 1.42 bits per heavy atom. The molecule has 0 spiro atoms. The van der Waals surface area contributed by atoms with E-state index in [1.54, 1.807) is 6.92 Å². The van der Waals surface area contributed by atoms with Crippen LogP contribution in [0.1, 0.15) is 21.7 Å². The summed E-state index contributed by atoms with van der Waals surface area (Å²) in [6.07, 6.45) is 0.658. The maximum atomic E-state index is 11.0. The van der Waals surface area contributed by atoms with E-state index >= 15 is 0 Å². The Bertz CT molecular complexity index is 619. The van der Waals surface area contributed by atoms with Gasteiger partial charge in [0.2, 0.25) is 0 Å². The van der Waals surface area contributed by atoms with Gasteiger partial charge >= 0.3 is 0 Å². The molecule has 0 radical (unpaired) electrons. The average molecular weight is 341 g/mol. The fourth-order valence-electron chi connectivity index (χ4n) is 1.62. The molecule has 2 aromatic rings. The normalized spacial score (nSPS) is 10.3. The first kappa shape index (κ1) is 14.0. The molecule has 19 heavy (non-hydrogen) atoms. The van der Waals surface area contributed by atoms with Crippen LogP contribution >= 0.6 is 27.5 Å². The minimum absolute atomic E-state index is 0.166. The highest BCUT2D eigenvalue weighted by molar-refractivity contribution is 9.10. The smallest absolute Gasteiger partial charge is 0.156 e. The van der Waals surface area contributed by atoms with E-state index in [9.17, 15) is 4.79 Å². The van der Waals surface area contributed by atoms with Crippen LogP contribution in [0.5, 0.6) is 0 Å². The van der Waals surface area contributed by atoms with Crippen molar-refractivity contribution in [2.75, 3.05) is 5.32 Å². The van der Waals surface area contributed by atoms with Crippen LogP contribution in [0.25, 0.3) is 0 Å². The molecule has 0 fully saturated rings. The first-order valence-corrected chi connectivity index (χ1v) is 6.75. The molecule has 98 valence electrons. The summed E-state index contributed by atoms with van der Waals surface area (Å²) in [5.41, 5.74) is 1.35. The highest BCUT2D eigenvalue weighted by Crippen LogP contribution is 2.20. The second-order valence-corrected chi connectivity index (χ2v) is 5.20. The maximum absolute atomic E-state index is 11.0. The molecule has 1 aromatic heterocycles. The van der Waals surface area contributed by atoms with Crippen molar-refractivity contribution in [2.24, 2.45) is 0 Å². The van der Waals surface area contributed by atoms with Gasteiger partial charge in [0.15, 0.2) is 6.29 Å². The van der Waals surface area contributed by atoms with E-state index in [2.05, 4.69) is 31.2 Å². The quantitative estimate of drug-likeness (QED) is 0.682. The minimum Gasteiger partial charge on any atom is -0.365 e. The number of benzene rings is 1. The van der Waals surface area contributed by atoms with Crippen LogP contribution in [0, 0.1) is 6.92 Å². The number of carbonyl (C=O) groups excluding carboxylic acids is 1.